The molecule has 7 atom stereocenters. The predicted molar refractivity (Wildman–Crippen MR) is 166 cm³/mol. The van der Waals surface area contributed by atoms with Crippen molar-refractivity contribution in [2.75, 3.05) is 6.61 Å². The van der Waals surface area contributed by atoms with Gasteiger partial charge in [0.25, 0.3) is 0 Å². The molecule has 10 nitrogen and oxygen atoms in total. The monoisotopic (exact) mass is 631 g/mol. The van der Waals surface area contributed by atoms with Gasteiger partial charge in [-0.25, -0.2) is 9.59 Å². The summed E-state index contributed by atoms with van der Waals surface area (Å²) in [7, 11) is 0. The predicted octanol–water partition coefficient (Wildman–Crippen LogP) is 5.38. The maximum absolute atomic E-state index is 13.7. The summed E-state index contributed by atoms with van der Waals surface area (Å²) < 4.78 is 16.0. The first-order chi connectivity index (χ1) is 20.7. The third-order valence-electron chi connectivity index (χ3n) is 11.0. The van der Waals surface area contributed by atoms with E-state index < -0.39 is 58.7 Å². The van der Waals surface area contributed by atoms with Crippen molar-refractivity contribution in [2.45, 2.75) is 142 Å². The van der Waals surface area contributed by atoms with E-state index in [-0.39, 0.29) is 30.0 Å². The van der Waals surface area contributed by atoms with Gasteiger partial charge in [-0.2, -0.15) is 0 Å². The Labute approximate surface area is 267 Å². The zero-order chi connectivity index (χ0) is 33.6. The Balaban J connectivity index is 1.43. The molecule has 0 radical (unpaired) electrons. The molecule has 0 aromatic heterocycles. The van der Waals surface area contributed by atoms with E-state index in [1.54, 1.807) is 41.5 Å². The van der Waals surface area contributed by atoms with E-state index in [4.69, 9.17) is 14.2 Å². The highest BCUT2D eigenvalue weighted by Crippen LogP contribution is 2.67. The molecule has 4 rings (SSSR count). The molecule has 0 aliphatic heterocycles. The van der Waals surface area contributed by atoms with Gasteiger partial charge < -0.3 is 24.6 Å². The number of hydrogen-bond acceptors (Lipinski definition) is 9. The van der Waals surface area contributed by atoms with Gasteiger partial charge in [-0.3, -0.25) is 14.4 Å². The number of ketones is 2. The number of aliphatic hydroxyl groups is 1. The third-order valence-corrected chi connectivity index (χ3v) is 11.0. The molecule has 2 N–H and O–H groups in total. The highest BCUT2D eigenvalue weighted by Gasteiger charge is 2.66. The maximum atomic E-state index is 13.7. The van der Waals surface area contributed by atoms with Crippen molar-refractivity contribution in [3.63, 3.8) is 0 Å². The minimum Gasteiger partial charge on any atom is -0.460 e. The Morgan fingerprint density at radius 1 is 0.933 bits per heavy atom. The Bertz CT molecular complexity index is 1240. The van der Waals surface area contributed by atoms with Crippen LogP contribution in [0.3, 0.4) is 0 Å². The second-order valence-electron chi connectivity index (χ2n) is 16.2. The summed E-state index contributed by atoms with van der Waals surface area (Å²) in [6.07, 6.45) is 6.50. The lowest BCUT2D eigenvalue weighted by Crippen LogP contribution is -2.58. The molecular formula is C35H53NO9. The second kappa shape index (κ2) is 12.5. The number of Topliss-reactive ketones (excluding diaryl/α,β-unsaturated/α-hetero) is 1. The number of fused-ring (bicyclic) bond motifs is 5. The fraction of sp³-hybridized carbons (Fsp3) is 0.800. The van der Waals surface area contributed by atoms with E-state index in [1.807, 2.05) is 13.0 Å². The number of carbonyl (C=O) groups excluding carboxylic acids is 5. The lowest BCUT2D eigenvalue weighted by Gasteiger charge is -2.58. The number of hydrogen-bond donors (Lipinski definition) is 2. The topological polar surface area (TPSA) is 145 Å². The highest BCUT2D eigenvalue weighted by atomic mass is 16.6. The second-order valence-corrected chi connectivity index (χ2v) is 16.2. The van der Waals surface area contributed by atoms with Gasteiger partial charge in [0.05, 0.1) is 0 Å². The summed E-state index contributed by atoms with van der Waals surface area (Å²) in [6, 6.07) is -1.26. The molecule has 0 saturated heterocycles. The largest absolute Gasteiger partial charge is 0.460 e. The number of rotatable bonds is 8. The van der Waals surface area contributed by atoms with E-state index in [9.17, 15) is 29.1 Å². The number of esters is 2. The maximum Gasteiger partial charge on any atom is 0.408 e. The van der Waals surface area contributed by atoms with Gasteiger partial charge in [-0.05, 0) is 122 Å². The van der Waals surface area contributed by atoms with E-state index in [2.05, 4.69) is 12.2 Å². The summed E-state index contributed by atoms with van der Waals surface area (Å²) in [4.78, 5) is 63.9. The normalized spacial score (nSPS) is 33.5. The summed E-state index contributed by atoms with van der Waals surface area (Å²) in [6.45, 7) is 13.9. The highest BCUT2D eigenvalue weighted by molar-refractivity contribution is 5.92. The van der Waals surface area contributed by atoms with Crippen LogP contribution in [0.4, 0.5) is 4.79 Å². The van der Waals surface area contributed by atoms with Gasteiger partial charge in [0, 0.05) is 18.3 Å². The van der Waals surface area contributed by atoms with Crippen molar-refractivity contribution in [3.05, 3.63) is 11.6 Å². The molecule has 252 valence electrons. The van der Waals surface area contributed by atoms with Gasteiger partial charge in [0.2, 0.25) is 5.78 Å². The van der Waals surface area contributed by atoms with Gasteiger partial charge in [-0.1, -0.05) is 19.4 Å². The van der Waals surface area contributed by atoms with Gasteiger partial charge >= 0.3 is 18.0 Å². The molecule has 10 heteroatoms. The van der Waals surface area contributed by atoms with E-state index >= 15 is 0 Å². The van der Waals surface area contributed by atoms with Crippen molar-refractivity contribution in [3.8, 4) is 0 Å². The third kappa shape index (κ3) is 7.31. The fourth-order valence-corrected chi connectivity index (χ4v) is 8.74. The van der Waals surface area contributed by atoms with Crippen LogP contribution in [0.25, 0.3) is 0 Å². The molecule has 3 saturated carbocycles. The molecule has 0 aromatic rings. The number of nitrogens with one attached hydrogen (secondary N) is 1. The average molecular weight is 632 g/mol. The molecule has 0 heterocycles. The number of allylic oxidation sites excluding steroid dienone is 1. The van der Waals surface area contributed by atoms with Crippen LogP contribution >= 0.6 is 0 Å². The molecule has 1 amide bonds. The van der Waals surface area contributed by atoms with Crippen LogP contribution in [0.5, 0.6) is 0 Å². The number of carbonyl (C=O) groups is 5. The van der Waals surface area contributed by atoms with Crippen LogP contribution in [0.15, 0.2) is 11.6 Å². The molecule has 4 aliphatic carbocycles. The molecular weight excluding hydrogens is 578 g/mol. The molecule has 0 unspecified atom stereocenters. The van der Waals surface area contributed by atoms with Gasteiger partial charge in [0.15, 0.2) is 12.4 Å². The zero-order valence-electron chi connectivity index (χ0n) is 28.4. The molecule has 0 spiro atoms. The van der Waals surface area contributed by atoms with Gasteiger partial charge in [-0.15, -0.1) is 0 Å². The lowest BCUT2D eigenvalue weighted by atomic mass is 9.46. The smallest absolute Gasteiger partial charge is 0.408 e. The summed E-state index contributed by atoms with van der Waals surface area (Å²) in [5.41, 5.74) is -2.60. The quantitative estimate of drug-likeness (QED) is 0.266. The zero-order valence-corrected chi connectivity index (χ0v) is 28.4. The molecule has 3 fully saturated rings. The van der Waals surface area contributed by atoms with E-state index in [0.717, 1.165) is 25.7 Å². The number of alkyl carbamates (subject to hydrolysis) is 1. The van der Waals surface area contributed by atoms with E-state index in [1.165, 1.54) is 5.57 Å². The van der Waals surface area contributed by atoms with Crippen molar-refractivity contribution in [1.82, 2.24) is 5.32 Å². The summed E-state index contributed by atoms with van der Waals surface area (Å²) in [5, 5.41) is 14.5. The molecule has 0 bridgehead atoms. The summed E-state index contributed by atoms with van der Waals surface area (Å²) >= 11 is 0. The molecule has 4 aliphatic rings. The van der Waals surface area contributed by atoms with Crippen molar-refractivity contribution in [1.29, 1.82) is 0 Å². The van der Waals surface area contributed by atoms with Crippen molar-refractivity contribution >= 4 is 29.6 Å². The number of amides is 1. The first-order valence-corrected chi connectivity index (χ1v) is 16.6. The van der Waals surface area contributed by atoms with Crippen LogP contribution in [0.1, 0.15) is 120 Å². The Morgan fingerprint density at radius 2 is 1.58 bits per heavy atom. The minimum absolute atomic E-state index is 0.0200. The minimum atomic E-state index is -1.65. The molecule has 0 aromatic carbocycles. The Morgan fingerprint density at radius 3 is 2.22 bits per heavy atom. The first kappa shape index (κ1) is 35.1. The van der Waals surface area contributed by atoms with E-state index in [0.29, 0.717) is 37.5 Å². The lowest BCUT2D eigenvalue weighted by molar-refractivity contribution is -0.170. The number of ether oxygens (including phenoxy) is 3. The van der Waals surface area contributed by atoms with Crippen LogP contribution in [-0.4, -0.2) is 64.2 Å². The summed E-state index contributed by atoms with van der Waals surface area (Å²) in [5.74, 6) is -0.874. The van der Waals surface area contributed by atoms with Crippen molar-refractivity contribution in [2.24, 2.45) is 28.6 Å². The van der Waals surface area contributed by atoms with Gasteiger partial charge in [0.1, 0.15) is 22.8 Å². The van der Waals surface area contributed by atoms with Crippen LogP contribution in [0.2, 0.25) is 0 Å². The van der Waals surface area contributed by atoms with Crippen LogP contribution in [-0.2, 0) is 33.4 Å². The Kier molecular flexibility index (Phi) is 9.72. The fourth-order valence-electron chi connectivity index (χ4n) is 8.74. The Hall–Kier alpha value is -2.75. The SMILES string of the molecule is CC(C)(C)OC(=O)CC[C@H](NC(=O)OC(C)(C)C)C(=O)OCC(=O)[C@@]1(O)CC[C@@H]2[C@H]3CCC4=CC(=O)CC[C@]4(C)[C@@H]3CC[C@@]21C. The standard InChI is InChI=1S/C35H53NO9/c1-31(2,3)44-28(39)12-11-26(36-30(41)45-32(4,5)6)29(40)43-20-27(38)35(42)18-15-25-23-10-9-21-19-22(37)13-16-33(21,7)24(23)14-17-34(25,35)8/h19,23-26,42H,9-18,20H2,1-8H3,(H,36,41)/t23-,24+,25+,26-,33-,34-,35-/m0/s1. The van der Waals surface area contributed by atoms with Crippen molar-refractivity contribution < 1.29 is 43.3 Å². The first-order valence-electron chi connectivity index (χ1n) is 16.6. The average Bonchev–Trinajstić information content (AvgIpc) is 3.19. The van der Waals surface area contributed by atoms with Crippen LogP contribution < -0.4 is 5.32 Å². The van der Waals surface area contributed by atoms with Crippen LogP contribution in [0, 0.1) is 28.6 Å². The molecule has 45 heavy (non-hydrogen) atoms.